The summed E-state index contributed by atoms with van der Waals surface area (Å²) in [7, 11) is 0.296. The summed E-state index contributed by atoms with van der Waals surface area (Å²) in [5.41, 5.74) is 5.67. The van der Waals surface area contributed by atoms with E-state index >= 15 is 0 Å². The number of nitrogens with zero attached hydrogens (tertiary/aromatic N) is 1. The number of rotatable bonds is 7. The first-order valence-electron chi connectivity index (χ1n) is 12.5. The Morgan fingerprint density at radius 3 is 2.06 bits per heavy atom. The second-order valence-electron chi connectivity index (χ2n) is 9.69. The van der Waals surface area contributed by atoms with Gasteiger partial charge in [0.25, 0.3) is 0 Å². The van der Waals surface area contributed by atoms with Gasteiger partial charge < -0.3 is 4.74 Å². The van der Waals surface area contributed by atoms with E-state index in [9.17, 15) is 4.79 Å². The molecule has 0 N–H and O–H groups in total. The van der Waals surface area contributed by atoms with Crippen molar-refractivity contribution in [3.8, 4) is 22.9 Å². The summed E-state index contributed by atoms with van der Waals surface area (Å²) in [6.45, 7) is 4.95. The van der Waals surface area contributed by atoms with Gasteiger partial charge in [0, 0.05) is 19.0 Å². The molecule has 3 nitrogen and oxygen atoms in total. The van der Waals surface area contributed by atoms with Gasteiger partial charge in [-0.05, 0) is 71.8 Å². The van der Waals surface area contributed by atoms with Crippen LogP contribution in [0.4, 0.5) is 0 Å². The smallest absolute Gasteiger partial charge is 0.343 e. The fourth-order valence-electron chi connectivity index (χ4n) is 4.98. The lowest BCUT2D eigenvalue weighted by atomic mass is 9.83. The lowest BCUT2D eigenvalue weighted by Crippen LogP contribution is -2.18. The molecule has 34 heavy (non-hydrogen) atoms. The number of hydrogen-bond acceptors (Lipinski definition) is 3. The molecular weight excluding hydrogens is 450 g/mol. The molecule has 5 heteroatoms. The minimum absolute atomic E-state index is 0.109. The standard InChI is InChI=1S/C29H33NO2Si2/c1-20(33-2)34-28-17-13-25(14-18-28)23-7-9-26(10-8-23)29(31)32-27-15-11-24(12-16-27)22-5-3-21(19-30)4-6-22/h3-12,15-16,20,25,28H,13-14,17-18,33-34H2,1-2H3/t20?,25-,28-. The normalized spacial score (nSPS) is 19.3. The topological polar surface area (TPSA) is 50.1 Å². The Labute approximate surface area is 207 Å². The summed E-state index contributed by atoms with van der Waals surface area (Å²) >= 11 is 0. The van der Waals surface area contributed by atoms with Gasteiger partial charge in [-0.1, -0.05) is 73.4 Å². The van der Waals surface area contributed by atoms with Crippen molar-refractivity contribution in [2.75, 3.05) is 0 Å². The van der Waals surface area contributed by atoms with Crippen molar-refractivity contribution in [3.05, 3.63) is 89.5 Å². The van der Waals surface area contributed by atoms with Crippen molar-refractivity contribution in [1.29, 1.82) is 5.26 Å². The molecule has 1 fully saturated rings. The maximum atomic E-state index is 12.7. The summed E-state index contributed by atoms with van der Waals surface area (Å²) < 4.78 is 5.60. The minimum Gasteiger partial charge on any atom is -0.423 e. The van der Waals surface area contributed by atoms with E-state index in [2.05, 4.69) is 31.7 Å². The van der Waals surface area contributed by atoms with Crippen molar-refractivity contribution in [2.45, 2.75) is 55.8 Å². The average molecular weight is 484 g/mol. The van der Waals surface area contributed by atoms with Crippen LogP contribution >= 0.6 is 0 Å². The number of benzene rings is 3. The van der Waals surface area contributed by atoms with E-state index in [1.165, 1.54) is 31.2 Å². The first kappa shape index (κ1) is 24.2. The Morgan fingerprint density at radius 1 is 0.912 bits per heavy atom. The quantitative estimate of drug-likeness (QED) is 0.234. The Kier molecular flexibility index (Phi) is 8.15. The molecule has 1 atom stereocenters. The molecule has 1 aliphatic rings. The third kappa shape index (κ3) is 6.13. The van der Waals surface area contributed by atoms with Crippen LogP contribution in [0.5, 0.6) is 5.75 Å². The maximum absolute atomic E-state index is 12.7. The molecule has 174 valence electrons. The summed E-state index contributed by atoms with van der Waals surface area (Å²) in [4.78, 5) is 12.7. The zero-order chi connectivity index (χ0) is 23.9. The molecular formula is C29H33NO2Si2. The summed E-state index contributed by atoms with van der Waals surface area (Å²) in [6.07, 6.45) is 5.39. The number of carbonyl (C=O) groups excluding carboxylic acids is 1. The number of esters is 1. The largest absolute Gasteiger partial charge is 0.423 e. The van der Waals surface area contributed by atoms with Gasteiger partial charge in [-0.3, -0.25) is 0 Å². The number of nitriles is 1. The van der Waals surface area contributed by atoms with E-state index in [-0.39, 0.29) is 25.0 Å². The van der Waals surface area contributed by atoms with Crippen molar-refractivity contribution in [1.82, 2.24) is 0 Å². The third-order valence-corrected chi connectivity index (χ3v) is 13.7. The first-order valence-corrected chi connectivity index (χ1v) is 16.3. The number of hydrogen-bond donors (Lipinski definition) is 0. The monoisotopic (exact) mass is 483 g/mol. The molecule has 0 saturated heterocycles. The average Bonchev–Trinajstić information content (AvgIpc) is 2.89. The van der Waals surface area contributed by atoms with Gasteiger partial charge in [0.1, 0.15) is 5.75 Å². The van der Waals surface area contributed by atoms with Crippen LogP contribution in [0.2, 0.25) is 17.3 Å². The highest BCUT2D eigenvalue weighted by Gasteiger charge is 2.24. The van der Waals surface area contributed by atoms with Crippen molar-refractivity contribution < 1.29 is 9.53 Å². The number of carbonyl (C=O) groups is 1. The van der Waals surface area contributed by atoms with E-state index in [1.807, 2.05) is 48.5 Å². The van der Waals surface area contributed by atoms with E-state index in [0.717, 1.165) is 21.8 Å². The van der Waals surface area contributed by atoms with Crippen LogP contribution in [0.25, 0.3) is 11.1 Å². The van der Waals surface area contributed by atoms with Gasteiger partial charge in [0.2, 0.25) is 0 Å². The molecule has 0 aromatic heterocycles. The fraction of sp³-hybridized carbons (Fsp3) is 0.310. The second kappa shape index (κ2) is 11.5. The van der Waals surface area contributed by atoms with E-state index in [0.29, 0.717) is 22.8 Å². The van der Waals surface area contributed by atoms with Crippen molar-refractivity contribution in [2.24, 2.45) is 0 Å². The molecule has 3 aromatic rings. The van der Waals surface area contributed by atoms with Crippen LogP contribution in [0.3, 0.4) is 0 Å². The van der Waals surface area contributed by atoms with Crippen LogP contribution in [-0.4, -0.2) is 25.0 Å². The molecule has 0 aliphatic heterocycles. The van der Waals surface area contributed by atoms with Gasteiger partial charge >= 0.3 is 5.97 Å². The minimum atomic E-state index is -0.329. The molecule has 3 aromatic carbocycles. The van der Waals surface area contributed by atoms with Crippen LogP contribution in [-0.2, 0) is 0 Å². The molecule has 0 amide bonds. The van der Waals surface area contributed by atoms with Crippen LogP contribution in [0.15, 0.2) is 72.8 Å². The highest BCUT2D eigenvalue weighted by Crippen LogP contribution is 2.39. The van der Waals surface area contributed by atoms with E-state index in [4.69, 9.17) is 10.00 Å². The van der Waals surface area contributed by atoms with Gasteiger partial charge in [0.05, 0.1) is 17.2 Å². The second-order valence-corrected chi connectivity index (χ2v) is 16.1. The van der Waals surface area contributed by atoms with Gasteiger partial charge in [0.15, 0.2) is 0 Å². The predicted molar refractivity (Wildman–Crippen MR) is 145 cm³/mol. The molecule has 1 aliphatic carbocycles. The summed E-state index contributed by atoms with van der Waals surface area (Å²) in [6, 6.07) is 25.1. The lowest BCUT2D eigenvalue weighted by molar-refractivity contribution is 0.0734. The summed E-state index contributed by atoms with van der Waals surface area (Å²) in [5, 5.41) is 10.1. The number of ether oxygens (including phenoxy) is 1. The van der Waals surface area contributed by atoms with Crippen molar-refractivity contribution >= 4 is 25.0 Å². The zero-order valence-electron chi connectivity index (χ0n) is 20.2. The lowest BCUT2D eigenvalue weighted by Gasteiger charge is -2.30. The Balaban J connectivity index is 1.32. The molecule has 0 radical (unpaired) electrons. The maximum Gasteiger partial charge on any atom is 0.343 e. The van der Waals surface area contributed by atoms with E-state index in [1.54, 1.807) is 12.1 Å². The Morgan fingerprint density at radius 2 is 1.50 bits per heavy atom. The summed E-state index contributed by atoms with van der Waals surface area (Å²) in [5.74, 6) is 0.836. The Hall–Kier alpha value is -2.95. The van der Waals surface area contributed by atoms with E-state index < -0.39 is 0 Å². The predicted octanol–water partition coefficient (Wildman–Crippen LogP) is 6.04. The van der Waals surface area contributed by atoms with Crippen molar-refractivity contribution in [3.63, 3.8) is 0 Å². The molecule has 0 heterocycles. The van der Waals surface area contributed by atoms with Gasteiger partial charge in [-0.25, -0.2) is 4.79 Å². The first-order chi connectivity index (χ1) is 16.6. The van der Waals surface area contributed by atoms with Gasteiger partial charge in [-0.15, -0.1) is 0 Å². The van der Waals surface area contributed by atoms with Crippen LogP contribution < -0.4 is 4.74 Å². The molecule has 1 saturated carbocycles. The molecule has 1 unspecified atom stereocenters. The van der Waals surface area contributed by atoms with Crippen LogP contribution in [0.1, 0.15) is 60.0 Å². The highest BCUT2D eigenvalue weighted by molar-refractivity contribution is 6.58. The SMILES string of the molecule is C[SiH2]C(C)[SiH2][C@H]1CC[C@H](c2ccc(C(=O)Oc3ccc(-c4ccc(C#N)cc4)cc3)cc2)CC1. The molecule has 0 bridgehead atoms. The molecule has 4 rings (SSSR count). The van der Waals surface area contributed by atoms with Gasteiger partial charge in [-0.2, -0.15) is 5.26 Å². The fourth-order valence-corrected chi connectivity index (χ4v) is 9.81. The third-order valence-electron chi connectivity index (χ3n) is 7.31. The molecule has 0 spiro atoms. The zero-order valence-corrected chi connectivity index (χ0v) is 23.0. The highest BCUT2D eigenvalue weighted by atomic mass is 28.3. The van der Waals surface area contributed by atoms with Crippen LogP contribution in [0, 0.1) is 11.3 Å². The Bertz CT molecular complexity index is 1130.